The fraction of sp³-hybridized carbons (Fsp3) is 0.353. The van der Waals surface area contributed by atoms with Gasteiger partial charge in [0.25, 0.3) is 0 Å². The van der Waals surface area contributed by atoms with Crippen molar-refractivity contribution in [3.63, 3.8) is 0 Å². The number of pyridine rings is 1. The maximum atomic E-state index is 10.1. The highest BCUT2D eigenvalue weighted by atomic mass is 16.5. The number of aliphatic hydroxyl groups excluding tert-OH is 1. The van der Waals surface area contributed by atoms with Crippen LogP contribution in [0.5, 0.6) is 5.75 Å². The first-order valence-corrected chi connectivity index (χ1v) is 7.36. The molecule has 1 aromatic carbocycles. The van der Waals surface area contributed by atoms with Gasteiger partial charge in [0.05, 0.1) is 6.10 Å². The van der Waals surface area contributed by atoms with E-state index < -0.39 is 6.10 Å². The van der Waals surface area contributed by atoms with E-state index in [1.165, 1.54) is 5.56 Å². The number of aromatic nitrogens is 1. The number of benzene rings is 1. The van der Waals surface area contributed by atoms with E-state index in [4.69, 9.17) is 4.74 Å². The summed E-state index contributed by atoms with van der Waals surface area (Å²) >= 11 is 0. The smallest absolute Gasteiger partial charge is 0.122 e. The molecule has 0 bridgehead atoms. The summed E-state index contributed by atoms with van der Waals surface area (Å²) in [5.74, 6) is 0.989. The topological polar surface area (TPSA) is 54.4 Å². The van der Waals surface area contributed by atoms with Gasteiger partial charge in [-0.15, -0.1) is 0 Å². The zero-order chi connectivity index (χ0) is 14.5. The molecule has 0 saturated heterocycles. The summed E-state index contributed by atoms with van der Waals surface area (Å²) in [6.45, 7) is 1.25. The molecule has 2 unspecified atom stereocenters. The Balaban J connectivity index is 1.47. The van der Waals surface area contributed by atoms with Crippen molar-refractivity contribution in [2.45, 2.75) is 25.0 Å². The Morgan fingerprint density at radius 2 is 2.19 bits per heavy atom. The second-order valence-corrected chi connectivity index (χ2v) is 5.35. The first kappa shape index (κ1) is 14.0. The quantitative estimate of drug-likeness (QED) is 0.883. The zero-order valence-electron chi connectivity index (χ0n) is 11.9. The minimum absolute atomic E-state index is 0.168. The molecule has 4 heteroatoms. The summed E-state index contributed by atoms with van der Waals surface area (Å²) in [6.07, 6.45) is 5.09. The molecular formula is C17H20N2O2. The van der Waals surface area contributed by atoms with Crippen molar-refractivity contribution >= 4 is 0 Å². The van der Waals surface area contributed by atoms with Crippen molar-refractivity contribution in [3.8, 4) is 5.75 Å². The van der Waals surface area contributed by atoms with Crippen molar-refractivity contribution in [1.82, 2.24) is 10.3 Å². The van der Waals surface area contributed by atoms with E-state index in [0.717, 1.165) is 30.7 Å². The molecule has 4 nitrogen and oxygen atoms in total. The Morgan fingerprint density at radius 1 is 1.29 bits per heavy atom. The first-order valence-electron chi connectivity index (χ1n) is 7.36. The number of aliphatic hydroxyl groups is 1. The Bertz CT molecular complexity index is 574. The van der Waals surface area contributed by atoms with Crippen molar-refractivity contribution in [2.24, 2.45) is 0 Å². The predicted octanol–water partition coefficient (Wildman–Crippen LogP) is 2.10. The van der Waals surface area contributed by atoms with Crippen LogP contribution in [-0.2, 0) is 6.42 Å². The highest BCUT2D eigenvalue weighted by molar-refractivity contribution is 5.35. The lowest BCUT2D eigenvalue weighted by Crippen LogP contribution is -2.36. The van der Waals surface area contributed by atoms with Crippen LogP contribution in [0.2, 0.25) is 0 Å². The third kappa shape index (κ3) is 3.60. The van der Waals surface area contributed by atoms with E-state index >= 15 is 0 Å². The van der Waals surface area contributed by atoms with Gasteiger partial charge in [0.2, 0.25) is 0 Å². The standard InChI is InChI=1S/C17H20N2O2/c20-16(14-5-3-9-18-10-14)12-19-11-15-8-7-13-4-1-2-6-17(13)21-15/h1-6,9-10,15-16,19-20H,7-8,11-12H2. The summed E-state index contributed by atoms with van der Waals surface area (Å²) < 4.78 is 5.96. The minimum Gasteiger partial charge on any atom is -0.489 e. The van der Waals surface area contributed by atoms with Crippen molar-refractivity contribution < 1.29 is 9.84 Å². The number of para-hydroxylation sites is 1. The van der Waals surface area contributed by atoms with Crippen LogP contribution in [0.25, 0.3) is 0 Å². The zero-order valence-corrected chi connectivity index (χ0v) is 11.9. The van der Waals surface area contributed by atoms with Gasteiger partial charge in [-0.25, -0.2) is 0 Å². The third-order valence-electron chi connectivity index (χ3n) is 3.78. The highest BCUT2D eigenvalue weighted by Gasteiger charge is 2.19. The molecule has 2 N–H and O–H groups in total. The van der Waals surface area contributed by atoms with Crippen molar-refractivity contribution in [3.05, 3.63) is 59.9 Å². The van der Waals surface area contributed by atoms with Crippen LogP contribution < -0.4 is 10.1 Å². The van der Waals surface area contributed by atoms with Crippen LogP contribution in [0.15, 0.2) is 48.8 Å². The Morgan fingerprint density at radius 3 is 3.05 bits per heavy atom. The largest absolute Gasteiger partial charge is 0.489 e. The molecule has 0 fully saturated rings. The normalized spacial score (nSPS) is 18.6. The fourth-order valence-corrected chi connectivity index (χ4v) is 2.60. The first-order chi connectivity index (χ1) is 10.3. The van der Waals surface area contributed by atoms with E-state index in [-0.39, 0.29) is 6.10 Å². The summed E-state index contributed by atoms with van der Waals surface area (Å²) in [5, 5.41) is 13.3. The Labute approximate surface area is 124 Å². The van der Waals surface area contributed by atoms with Crippen LogP contribution in [0.3, 0.4) is 0 Å². The third-order valence-corrected chi connectivity index (χ3v) is 3.78. The lowest BCUT2D eigenvalue weighted by Gasteiger charge is -2.26. The minimum atomic E-state index is -0.533. The van der Waals surface area contributed by atoms with Gasteiger partial charge in [0.1, 0.15) is 11.9 Å². The number of fused-ring (bicyclic) bond motifs is 1. The van der Waals surface area contributed by atoms with Crippen LogP contribution in [-0.4, -0.2) is 29.3 Å². The Kier molecular flexibility index (Phi) is 4.48. The molecule has 0 spiro atoms. The average molecular weight is 284 g/mol. The molecule has 0 radical (unpaired) electrons. The molecule has 3 rings (SSSR count). The number of aryl methyl sites for hydroxylation is 1. The second kappa shape index (κ2) is 6.70. The molecular weight excluding hydrogens is 264 g/mol. The van der Waals surface area contributed by atoms with Gasteiger partial charge >= 0.3 is 0 Å². The molecule has 2 heterocycles. The number of nitrogens with zero attached hydrogens (tertiary/aromatic N) is 1. The second-order valence-electron chi connectivity index (χ2n) is 5.35. The van der Waals surface area contributed by atoms with Gasteiger partial charge in [-0.1, -0.05) is 24.3 Å². The molecule has 0 aliphatic carbocycles. The molecule has 1 aromatic heterocycles. The SMILES string of the molecule is OC(CNCC1CCc2ccccc2O1)c1cccnc1. The number of ether oxygens (including phenoxy) is 1. The predicted molar refractivity (Wildman–Crippen MR) is 81.2 cm³/mol. The molecule has 0 saturated carbocycles. The van der Waals surface area contributed by atoms with Gasteiger partial charge in [-0.3, -0.25) is 4.98 Å². The molecule has 21 heavy (non-hydrogen) atoms. The van der Waals surface area contributed by atoms with Crippen molar-refractivity contribution in [1.29, 1.82) is 0 Å². The monoisotopic (exact) mass is 284 g/mol. The number of rotatable bonds is 5. The van der Waals surface area contributed by atoms with Crippen molar-refractivity contribution in [2.75, 3.05) is 13.1 Å². The summed E-state index contributed by atoms with van der Waals surface area (Å²) in [7, 11) is 0. The summed E-state index contributed by atoms with van der Waals surface area (Å²) in [6, 6.07) is 11.9. The van der Waals surface area contributed by atoms with E-state index in [2.05, 4.69) is 16.4 Å². The Hall–Kier alpha value is -1.91. The lowest BCUT2D eigenvalue weighted by atomic mass is 10.0. The van der Waals surface area contributed by atoms with Gasteiger partial charge in [-0.2, -0.15) is 0 Å². The van der Waals surface area contributed by atoms with Crippen LogP contribution in [0.4, 0.5) is 0 Å². The van der Waals surface area contributed by atoms with Gasteiger partial charge < -0.3 is 15.2 Å². The number of hydrogen-bond acceptors (Lipinski definition) is 4. The van der Waals surface area contributed by atoms with E-state index in [1.54, 1.807) is 12.4 Å². The lowest BCUT2D eigenvalue weighted by molar-refractivity contribution is 0.146. The van der Waals surface area contributed by atoms with Crippen LogP contribution >= 0.6 is 0 Å². The molecule has 110 valence electrons. The van der Waals surface area contributed by atoms with Gasteiger partial charge in [-0.05, 0) is 30.5 Å². The molecule has 2 atom stereocenters. The fourth-order valence-electron chi connectivity index (χ4n) is 2.60. The maximum absolute atomic E-state index is 10.1. The maximum Gasteiger partial charge on any atom is 0.122 e. The summed E-state index contributed by atoms with van der Waals surface area (Å²) in [5.41, 5.74) is 2.11. The van der Waals surface area contributed by atoms with E-state index in [9.17, 15) is 5.11 Å². The van der Waals surface area contributed by atoms with Crippen LogP contribution in [0.1, 0.15) is 23.7 Å². The summed E-state index contributed by atoms with van der Waals surface area (Å²) in [4.78, 5) is 4.02. The molecule has 1 aliphatic rings. The molecule has 0 amide bonds. The van der Waals surface area contributed by atoms with E-state index in [1.807, 2.05) is 30.3 Å². The number of nitrogens with one attached hydrogen (secondary N) is 1. The van der Waals surface area contributed by atoms with Crippen LogP contribution in [0, 0.1) is 0 Å². The molecule has 1 aliphatic heterocycles. The molecule has 2 aromatic rings. The highest BCUT2D eigenvalue weighted by Crippen LogP contribution is 2.26. The van der Waals surface area contributed by atoms with Gasteiger partial charge in [0.15, 0.2) is 0 Å². The average Bonchev–Trinajstić information content (AvgIpc) is 2.55. The van der Waals surface area contributed by atoms with E-state index in [0.29, 0.717) is 6.54 Å². The van der Waals surface area contributed by atoms with Gasteiger partial charge in [0, 0.05) is 31.0 Å². The number of hydrogen-bond donors (Lipinski definition) is 2.